The van der Waals surface area contributed by atoms with Crippen LogP contribution in [0.25, 0.3) is 0 Å². The fraction of sp³-hybridized carbons (Fsp3) is 0.286. The first kappa shape index (κ1) is 7.02. The molecule has 0 saturated heterocycles. The van der Waals surface area contributed by atoms with Gasteiger partial charge in [-0.2, -0.15) is 5.90 Å². The van der Waals surface area contributed by atoms with Crippen LogP contribution in [-0.2, 0) is 0 Å². The summed E-state index contributed by atoms with van der Waals surface area (Å²) in [6, 6.07) is 1.86. The summed E-state index contributed by atoms with van der Waals surface area (Å²) in [5, 5.41) is 0. The van der Waals surface area contributed by atoms with Gasteiger partial charge < -0.3 is 4.84 Å². The van der Waals surface area contributed by atoms with E-state index in [4.69, 9.17) is 5.90 Å². The standard InChI is InChI=1S/C7H10N2O/c1-5-3-4-9-6(2)7(5)10-8/h3-4H,8H2,1-2H3. The van der Waals surface area contributed by atoms with E-state index in [9.17, 15) is 0 Å². The van der Waals surface area contributed by atoms with Gasteiger partial charge in [-0.05, 0) is 25.5 Å². The lowest BCUT2D eigenvalue weighted by Crippen LogP contribution is -2.05. The van der Waals surface area contributed by atoms with Gasteiger partial charge in [0.05, 0.1) is 5.69 Å². The topological polar surface area (TPSA) is 48.1 Å². The van der Waals surface area contributed by atoms with Crippen LogP contribution in [0.5, 0.6) is 5.75 Å². The van der Waals surface area contributed by atoms with Crippen molar-refractivity contribution in [3.63, 3.8) is 0 Å². The minimum absolute atomic E-state index is 0.669. The number of pyridine rings is 1. The van der Waals surface area contributed by atoms with E-state index in [-0.39, 0.29) is 0 Å². The Kier molecular flexibility index (Phi) is 1.87. The van der Waals surface area contributed by atoms with Crippen molar-refractivity contribution >= 4 is 0 Å². The number of aryl methyl sites for hydroxylation is 2. The molecule has 1 heterocycles. The third-order valence-electron chi connectivity index (χ3n) is 1.40. The molecular weight excluding hydrogens is 128 g/mol. The highest BCUT2D eigenvalue weighted by atomic mass is 16.6. The Morgan fingerprint density at radius 2 is 2.20 bits per heavy atom. The summed E-state index contributed by atoms with van der Waals surface area (Å²) < 4.78 is 0. The summed E-state index contributed by atoms with van der Waals surface area (Å²) in [5.74, 6) is 5.68. The second-order valence-corrected chi connectivity index (χ2v) is 2.16. The number of hydrogen-bond acceptors (Lipinski definition) is 3. The number of aromatic nitrogens is 1. The van der Waals surface area contributed by atoms with Crippen LogP contribution in [0, 0.1) is 13.8 Å². The number of rotatable bonds is 1. The number of hydrogen-bond donors (Lipinski definition) is 1. The van der Waals surface area contributed by atoms with Crippen LogP contribution >= 0.6 is 0 Å². The van der Waals surface area contributed by atoms with Crippen molar-refractivity contribution in [1.29, 1.82) is 0 Å². The average Bonchev–Trinajstić information content (AvgIpc) is 1.88. The molecule has 1 aromatic rings. The van der Waals surface area contributed by atoms with Gasteiger partial charge in [-0.25, -0.2) is 0 Å². The van der Waals surface area contributed by atoms with Gasteiger partial charge in [0.25, 0.3) is 0 Å². The van der Waals surface area contributed by atoms with Gasteiger partial charge in [-0.15, -0.1) is 0 Å². The molecule has 54 valence electrons. The minimum Gasteiger partial charge on any atom is -0.409 e. The predicted octanol–water partition coefficient (Wildman–Crippen LogP) is 0.951. The van der Waals surface area contributed by atoms with Crippen LogP contribution in [0.3, 0.4) is 0 Å². The molecule has 0 atom stereocenters. The van der Waals surface area contributed by atoms with Crippen LogP contribution < -0.4 is 10.7 Å². The van der Waals surface area contributed by atoms with Crippen molar-refractivity contribution in [3.8, 4) is 5.75 Å². The first-order valence-corrected chi connectivity index (χ1v) is 3.04. The van der Waals surface area contributed by atoms with E-state index >= 15 is 0 Å². The molecule has 0 unspecified atom stereocenters. The molecule has 0 aliphatic heterocycles. The van der Waals surface area contributed by atoms with E-state index in [0.717, 1.165) is 11.3 Å². The second-order valence-electron chi connectivity index (χ2n) is 2.16. The van der Waals surface area contributed by atoms with Crippen molar-refractivity contribution in [3.05, 3.63) is 23.5 Å². The van der Waals surface area contributed by atoms with Gasteiger partial charge in [0.2, 0.25) is 0 Å². The average molecular weight is 138 g/mol. The highest BCUT2D eigenvalue weighted by Gasteiger charge is 2.01. The third-order valence-corrected chi connectivity index (χ3v) is 1.40. The minimum atomic E-state index is 0.669. The first-order valence-electron chi connectivity index (χ1n) is 3.04. The van der Waals surface area contributed by atoms with Crippen molar-refractivity contribution in [2.24, 2.45) is 5.90 Å². The van der Waals surface area contributed by atoms with Gasteiger partial charge in [0.1, 0.15) is 0 Å². The molecule has 3 heteroatoms. The van der Waals surface area contributed by atoms with Crippen molar-refractivity contribution in [2.75, 3.05) is 0 Å². The van der Waals surface area contributed by atoms with Crippen LogP contribution in [0.4, 0.5) is 0 Å². The van der Waals surface area contributed by atoms with Gasteiger partial charge in [-0.1, -0.05) is 0 Å². The fourth-order valence-corrected chi connectivity index (χ4v) is 0.859. The Bertz CT molecular complexity index is 215. The van der Waals surface area contributed by atoms with E-state index in [0.29, 0.717) is 5.75 Å². The molecule has 1 aromatic heterocycles. The van der Waals surface area contributed by atoms with E-state index in [1.54, 1.807) is 6.20 Å². The first-order chi connectivity index (χ1) is 4.75. The van der Waals surface area contributed by atoms with Gasteiger partial charge >= 0.3 is 0 Å². The Morgan fingerprint density at radius 3 is 2.60 bits per heavy atom. The van der Waals surface area contributed by atoms with E-state index < -0.39 is 0 Å². The molecule has 0 bridgehead atoms. The van der Waals surface area contributed by atoms with E-state index in [1.807, 2.05) is 19.9 Å². The Labute approximate surface area is 59.8 Å². The normalized spacial score (nSPS) is 9.50. The lowest BCUT2D eigenvalue weighted by Gasteiger charge is -2.03. The second kappa shape index (κ2) is 2.66. The highest BCUT2D eigenvalue weighted by Crippen LogP contribution is 2.17. The van der Waals surface area contributed by atoms with Gasteiger partial charge in [0, 0.05) is 6.20 Å². The van der Waals surface area contributed by atoms with Gasteiger partial charge in [0.15, 0.2) is 5.75 Å². The molecule has 2 N–H and O–H groups in total. The molecule has 0 aliphatic carbocycles. The summed E-state index contributed by atoms with van der Waals surface area (Å²) in [6.07, 6.45) is 1.73. The molecule has 0 aromatic carbocycles. The lowest BCUT2D eigenvalue weighted by molar-refractivity contribution is 0.328. The summed E-state index contributed by atoms with van der Waals surface area (Å²) in [4.78, 5) is 8.62. The van der Waals surface area contributed by atoms with Crippen LogP contribution in [0.15, 0.2) is 12.3 Å². The van der Waals surface area contributed by atoms with Crippen molar-refractivity contribution in [2.45, 2.75) is 13.8 Å². The zero-order valence-electron chi connectivity index (χ0n) is 6.09. The lowest BCUT2D eigenvalue weighted by atomic mass is 10.2. The van der Waals surface area contributed by atoms with Crippen molar-refractivity contribution in [1.82, 2.24) is 4.98 Å². The third kappa shape index (κ3) is 1.09. The molecule has 0 amide bonds. The van der Waals surface area contributed by atoms with E-state index in [2.05, 4.69) is 9.82 Å². The molecule has 0 radical (unpaired) electrons. The maximum Gasteiger partial charge on any atom is 0.170 e. The summed E-state index contributed by atoms with van der Waals surface area (Å²) in [7, 11) is 0. The SMILES string of the molecule is Cc1ccnc(C)c1ON. The Balaban J connectivity index is 3.17. The quantitative estimate of drug-likeness (QED) is 0.588. The van der Waals surface area contributed by atoms with Crippen molar-refractivity contribution < 1.29 is 4.84 Å². The van der Waals surface area contributed by atoms with Crippen LogP contribution in [-0.4, -0.2) is 4.98 Å². The monoisotopic (exact) mass is 138 g/mol. The maximum absolute atomic E-state index is 5.01. The smallest absolute Gasteiger partial charge is 0.170 e. The summed E-state index contributed by atoms with van der Waals surface area (Å²) in [5.41, 5.74) is 1.83. The van der Waals surface area contributed by atoms with Crippen LogP contribution in [0.2, 0.25) is 0 Å². The molecular formula is C7H10N2O. The molecule has 0 spiro atoms. The highest BCUT2D eigenvalue weighted by molar-refractivity contribution is 5.34. The molecule has 0 aliphatic rings. The molecule has 10 heavy (non-hydrogen) atoms. The fourth-order valence-electron chi connectivity index (χ4n) is 0.859. The van der Waals surface area contributed by atoms with E-state index in [1.165, 1.54) is 0 Å². The molecule has 0 fully saturated rings. The largest absolute Gasteiger partial charge is 0.409 e. The summed E-state index contributed by atoms with van der Waals surface area (Å²) in [6.45, 7) is 3.78. The zero-order valence-corrected chi connectivity index (χ0v) is 6.09. The number of nitrogens with two attached hydrogens (primary N) is 1. The predicted molar refractivity (Wildman–Crippen MR) is 38.5 cm³/mol. The molecule has 0 saturated carbocycles. The molecule has 3 nitrogen and oxygen atoms in total. The summed E-state index contributed by atoms with van der Waals surface area (Å²) >= 11 is 0. The Hall–Kier alpha value is -1.09. The zero-order chi connectivity index (χ0) is 7.56. The molecule has 1 rings (SSSR count). The number of nitrogens with zero attached hydrogens (tertiary/aromatic N) is 1. The maximum atomic E-state index is 5.01. The Morgan fingerprint density at radius 1 is 1.50 bits per heavy atom. The van der Waals surface area contributed by atoms with Crippen LogP contribution in [0.1, 0.15) is 11.3 Å². The van der Waals surface area contributed by atoms with Gasteiger partial charge in [-0.3, -0.25) is 4.98 Å².